The van der Waals surface area contributed by atoms with Crippen molar-refractivity contribution in [2.45, 2.75) is 40.2 Å². The molecule has 1 rings (SSSR count). The van der Waals surface area contributed by atoms with Crippen LogP contribution in [-0.4, -0.2) is 18.6 Å². The summed E-state index contributed by atoms with van der Waals surface area (Å²) in [6, 6.07) is 6.50. The van der Waals surface area contributed by atoms with Gasteiger partial charge < -0.3 is 10.6 Å². The van der Waals surface area contributed by atoms with Crippen molar-refractivity contribution in [3.63, 3.8) is 0 Å². The zero-order valence-corrected chi connectivity index (χ0v) is 11.1. The molecule has 0 spiro atoms. The molecule has 0 aliphatic heterocycles. The van der Waals surface area contributed by atoms with Crippen LogP contribution in [0.1, 0.15) is 31.9 Å². The molecule has 0 radical (unpaired) electrons. The summed E-state index contributed by atoms with van der Waals surface area (Å²) in [4.78, 5) is 0. The average molecular weight is 220 g/mol. The Balaban J connectivity index is 2.35. The molecule has 0 saturated carbocycles. The van der Waals surface area contributed by atoms with E-state index in [0.717, 1.165) is 13.1 Å². The van der Waals surface area contributed by atoms with E-state index in [-0.39, 0.29) is 5.54 Å². The van der Waals surface area contributed by atoms with Crippen LogP contribution in [-0.2, 0) is 0 Å². The lowest BCUT2D eigenvalue weighted by molar-refractivity contribution is 0.435. The fourth-order valence-electron chi connectivity index (χ4n) is 1.50. The summed E-state index contributed by atoms with van der Waals surface area (Å²) in [6.07, 6.45) is 0. The van der Waals surface area contributed by atoms with E-state index in [4.69, 9.17) is 0 Å². The van der Waals surface area contributed by atoms with Gasteiger partial charge in [0.1, 0.15) is 0 Å². The molecule has 0 aromatic heterocycles. The van der Waals surface area contributed by atoms with Crippen LogP contribution in [0.3, 0.4) is 0 Å². The lowest BCUT2D eigenvalue weighted by atomic mass is 10.1. The number of hydrogen-bond donors (Lipinski definition) is 2. The van der Waals surface area contributed by atoms with Crippen molar-refractivity contribution in [1.82, 2.24) is 5.32 Å². The van der Waals surface area contributed by atoms with Crippen LogP contribution in [0.4, 0.5) is 5.69 Å². The molecule has 1 aromatic rings. The summed E-state index contributed by atoms with van der Waals surface area (Å²) in [5, 5.41) is 6.88. The van der Waals surface area contributed by atoms with Gasteiger partial charge in [-0.15, -0.1) is 0 Å². The van der Waals surface area contributed by atoms with Crippen molar-refractivity contribution in [3.05, 3.63) is 29.3 Å². The van der Waals surface area contributed by atoms with Crippen molar-refractivity contribution < 1.29 is 0 Å². The summed E-state index contributed by atoms with van der Waals surface area (Å²) >= 11 is 0. The van der Waals surface area contributed by atoms with E-state index >= 15 is 0 Å². The molecule has 0 atom stereocenters. The van der Waals surface area contributed by atoms with Gasteiger partial charge in [0.2, 0.25) is 0 Å². The number of rotatable bonds is 4. The maximum atomic E-state index is 3.46. The molecular formula is C14H24N2. The number of benzene rings is 1. The molecule has 0 heterocycles. The normalized spacial score (nSPS) is 11.6. The quantitative estimate of drug-likeness (QED) is 0.762. The zero-order chi connectivity index (χ0) is 12.2. The molecule has 0 aliphatic rings. The molecule has 0 aliphatic carbocycles. The molecule has 2 nitrogen and oxygen atoms in total. The van der Waals surface area contributed by atoms with Gasteiger partial charge in [0.05, 0.1) is 0 Å². The standard InChI is InChI=1S/C14H24N2/c1-11-6-7-13(10-12(11)2)15-8-9-16-14(3,4)5/h6-7,10,15-16H,8-9H2,1-5H3. The largest absolute Gasteiger partial charge is 0.384 e. The van der Waals surface area contributed by atoms with E-state index < -0.39 is 0 Å². The second-order valence-corrected chi connectivity index (χ2v) is 5.40. The smallest absolute Gasteiger partial charge is 0.0343 e. The van der Waals surface area contributed by atoms with Gasteiger partial charge in [-0.3, -0.25) is 0 Å². The molecule has 0 unspecified atom stereocenters. The van der Waals surface area contributed by atoms with Crippen molar-refractivity contribution in [2.75, 3.05) is 18.4 Å². The van der Waals surface area contributed by atoms with Crippen molar-refractivity contribution in [1.29, 1.82) is 0 Å². The highest BCUT2D eigenvalue weighted by Gasteiger charge is 2.06. The molecule has 90 valence electrons. The molecule has 0 fully saturated rings. The Morgan fingerprint density at radius 2 is 1.69 bits per heavy atom. The third-order valence-electron chi connectivity index (χ3n) is 2.62. The third kappa shape index (κ3) is 4.67. The highest BCUT2D eigenvalue weighted by molar-refractivity contribution is 5.48. The lowest BCUT2D eigenvalue weighted by Crippen LogP contribution is -2.38. The van der Waals surface area contributed by atoms with Gasteiger partial charge in [-0.05, 0) is 57.9 Å². The minimum Gasteiger partial charge on any atom is -0.384 e. The van der Waals surface area contributed by atoms with E-state index in [0.29, 0.717) is 0 Å². The summed E-state index contributed by atoms with van der Waals surface area (Å²) in [6.45, 7) is 12.8. The highest BCUT2D eigenvalue weighted by atomic mass is 15.0. The maximum absolute atomic E-state index is 3.46. The monoisotopic (exact) mass is 220 g/mol. The van der Waals surface area contributed by atoms with Gasteiger partial charge in [0.25, 0.3) is 0 Å². The van der Waals surface area contributed by atoms with Crippen LogP contribution in [0.5, 0.6) is 0 Å². The first-order valence-electron chi connectivity index (χ1n) is 5.95. The Morgan fingerprint density at radius 3 is 2.25 bits per heavy atom. The Kier molecular flexibility index (Phi) is 4.36. The van der Waals surface area contributed by atoms with Crippen LogP contribution in [0.2, 0.25) is 0 Å². The summed E-state index contributed by atoms with van der Waals surface area (Å²) in [7, 11) is 0. The SMILES string of the molecule is Cc1ccc(NCCNC(C)(C)C)cc1C. The van der Waals surface area contributed by atoms with Crippen LogP contribution in [0, 0.1) is 13.8 Å². The number of hydrogen-bond acceptors (Lipinski definition) is 2. The number of nitrogens with one attached hydrogen (secondary N) is 2. The summed E-state index contributed by atoms with van der Waals surface area (Å²) in [5.74, 6) is 0. The third-order valence-corrected chi connectivity index (χ3v) is 2.62. The molecule has 2 N–H and O–H groups in total. The zero-order valence-electron chi connectivity index (χ0n) is 11.1. The van der Waals surface area contributed by atoms with E-state index in [1.54, 1.807) is 0 Å². The Hall–Kier alpha value is -1.02. The molecule has 16 heavy (non-hydrogen) atoms. The molecule has 1 aromatic carbocycles. The van der Waals surface area contributed by atoms with Crippen LogP contribution >= 0.6 is 0 Å². The Labute approximate surface area is 99.5 Å². The predicted octanol–water partition coefficient (Wildman–Crippen LogP) is 3.10. The molecule has 0 saturated heterocycles. The summed E-state index contributed by atoms with van der Waals surface area (Å²) in [5.41, 5.74) is 4.09. The Bertz CT molecular complexity index is 337. The molecular weight excluding hydrogens is 196 g/mol. The average Bonchev–Trinajstić information content (AvgIpc) is 2.17. The highest BCUT2D eigenvalue weighted by Crippen LogP contribution is 2.13. The van der Waals surface area contributed by atoms with Gasteiger partial charge >= 0.3 is 0 Å². The van der Waals surface area contributed by atoms with Crippen LogP contribution < -0.4 is 10.6 Å². The number of anilines is 1. The van der Waals surface area contributed by atoms with Gasteiger partial charge in [0.15, 0.2) is 0 Å². The van der Waals surface area contributed by atoms with Crippen LogP contribution in [0.25, 0.3) is 0 Å². The van der Waals surface area contributed by atoms with Gasteiger partial charge in [-0.1, -0.05) is 6.07 Å². The fraction of sp³-hybridized carbons (Fsp3) is 0.571. The maximum Gasteiger partial charge on any atom is 0.0343 e. The van der Waals surface area contributed by atoms with E-state index in [9.17, 15) is 0 Å². The first-order valence-corrected chi connectivity index (χ1v) is 5.95. The first kappa shape index (κ1) is 13.0. The minimum absolute atomic E-state index is 0.199. The molecule has 0 bridgehead atoms. The van der Waals surface area contributed by atoms with Crippen LogP contribution in [0.15, 0.2) is 18.2 Å². The van der Waals surface area contributed by atoms with Crippen molar-refractivity contribution >= 4 is 5.69 Å². The van der Waals surface area contributed by atoms with Gasteiger partial charge in [-0.25, -0.2) is 0 Å². The second kappa shape index (κ2) is 5.35. The van der Waals surface area contributed by atoms with E-state index in [2.05, 4.69) is 63.5 Å². The number of aryl methyl sites for hydroxylation is 2. The van der Waals surface area contributed by atoms with Gasteiger partial charge in [-0.2, -0.15) is 0 Å². The predicted molar refractivity (Wildman–Crippen MR) is 72.2 cm³/mol. The van der Waals surface area contributed by atoms with E-state index in [1.165, 1.54) is 16.8 Å². The molecule has 2 heteroatoms. The Morgan fingerprint density at radius 1 is 1.00 bits per heavy atom. The van der Waals surface area contributed by atoms with Crippen molar-refractivity contribution in [3.8, 4) is 0 Å². The lowest BCUT2D eigenvalue weighted by Gasteiger charge is -2.20. The summed E-state index contributed by atoms with van der Waals surface area (Å²) < 4.78 is 0. The minimum atomic E-state index is 0.199. The van der Waals surface area contributed by atoms with E-state index in [1.807, 2.05) is 0 Å². The topological polar surface area (TPSA) is 24.1 Å². The second-order valence-electron chi connectivity index (χ2n) is 5.40. The molecule has 0 amide bonds. The fourth-order valence-corrected chi connectivity index (χ4v) is 1.50. The van der Waals surface area contributed by atoms with Gasteiger partial charge in [0, 0.05) is 24.3 Å². The first-order chi connectivity index (χ1) is 7.38. The van der Waals surface area contributed by atoms with Crippen molar-refractivity contribution in [2.24, 2.45) is 0 Å².